The average molecular weight is 549 g/mol. The summed E-state index contributed by atoms with van der Waals surface area (Å²) in [7, 11) is 0. The molecule has 1 N–H and O–H groups in total. The Morgan fingerprint density at radius 3 is 2.58 bits per heavy atom. The summed E-state index contributed by atoms with van der Waals surface area (Å²) in [4.78, 5) is 13.9. The zero-order valence-corrected chi connectivity index (χ0v) is 20.7. The van der Waals surface area contributed by atoms with Crippen molar-refractivity contribution in [3.63, 3.8) is 0 Å². The summed E-state index contributed by atoms with van der Waals surface area (Å²) in [6.07, 6.45) is 2.27. The number of anilines is 1. The summed E-state index contributed by atoms with van der Waals surface area (Å²) in [6, 6.07) is 9.75. The van der Waals surface area contributed by atoms with Gasteiger partial charge < -0.3 is 14.7 Å². The normalized spacial score (nSPS) is 22.3. The van der Waals surface area contributed by atoms with Crippen LogP contribution in [0.3, 0.4) is 0 Å². The summed E-state index contributed by atoms with van der Waals surface area (Å²) in [5, 5.41) is 15.1. The van der Waals surface area contributed by atoms with Crippen LogP contribution in [0, 0.1) is 0 Å². The fourth-order valence-electron chi connectivity index (χ4n) is 4.67. The lowest BCUT2D eigenvalue weighted by molar-refractivity contribution is -0.0299. The number of rotatable bonds is 2. The molecule has 5 rings (SSSR count). The van der Waals surface area contributed by atoms with Crippen LogP contribution in [0.25, 0.3) is 0 Å². The zero-order chi connectivity index (χ0) is 22.1. The SMILES string of the molecule is CC(=O)c1ccc(N2CN3CC=C4C(c5cc(Br)c(O)c(Br)c5OC4(C)C)N3C2)cc1. The number of hydrogen-bond donors (Lipinski definition) is 1. The molecule has 0 radical (unpaired) electrons. The number of hydrogen-bond acceptors (Lipinski definition) is 6. The van der Waals surface area contributed by atoms with Gasteiger partial charge in [-0.25, -0.2) is 10.0 Å². The number of hydrazine groups is 1. The number of phenols is 1. The molecule has 0 bridgehead atoms. The maximum absolute atomic E-state index is 11.6. The van der Waals surface area contributed by atoms with Crippen LogP contribution in [0.2, 0.25) is 0 Å². The molecule has 8 heteroatoms. The standard InChI is InChI=1S/C23H23Br2N3O3/c1-13(29)14-4-6-15(7-5-14)26-11-27-9-8-17-20(28(27)12-26)16-10-18(24)21(30)19(25)22(16)31-23(17,2)3/h4-8,10,20,30H,9,11-12H2,1-3H3. The van der Waals surface area contributed by atoms with Crippen LogP contribution < -0.4 is 9.64 Å². The third kappa shape index (κ3) is 3.31. The molecule has 0 spiro atoms. The minimum atomic E-state index is -0.497. The van der Waals surface area contributed by atoms with Crippen molar-refractivity contribution in [2.75, 3.05) is 24.8 Å². The van der Waals surface area contributed by atoms with Gasteiger partial charge in [0, 0.05) is 23.4 Å². The molecule has 0 aliphatic carbocycles. The van der Waals surface area contributed by atoms with Crippen molar-refractivity contribution in [2.45, 2.75) is 32.4 Å². The number of Topliss-reactive ketones (excluding diaryl/α,β-unsaturated/α-hetero) is 1. The molecule has 6 nitrogen and oxygen atoms in total. The van der Waals surface area contributed by atoms with Gasteiger partial charge >= 0.3 is 0 Å². The van der Waals surface area contributed by atoms with E-state index in [-0.39, 0.29) is 17.6 Å². The number of nitrogens with zero attached hydrogens (tertiary/aromatic N) is 3. The summed E-state index contributed by atoms with van der Waals surface area (Å²) in [5.74, 6) is 0.894. The Morgan fingerprint density at radius 2 is 1.90 bits per heavy atom. The van der Waals surface area contributed by atoms with Gasteiger partial charge in [-0.15, -0.1) is 0 Å². The Morgan fingerprint density at radius 1 is 1.19 bits per heavy atom. The lowest BCUT2D eigenvalue weighted by Crippen LogP contribution is -2.51. The van der Waals surface area contributed by atoms with Crippen LogP contribution in [-0.4, -0.2) is 46.4 Å². The van der Waals surface area contributed by atoms with E-state index in [1.807, 2.05) is 30.3 Å². The van der Waals surface area contributed by atoms with Crippen molar-refractivity contribution >= 4 is 43.3 Å². The molecule has 1 fully saturated rings. The van der Waals surface area contributed by atoms with Gasteiger partial charge in [-0.2, -0.15) is 0 Å². The second-order valence-electron chi connectivity index (χ2n) is 8.67. The monoisotopic (exact) mass is 547 g/mol. The van der Waals surface area contributed by atoms with Crippen LogP contribution in [0.4, 0.5) is 5.69 Å². The van der Waals surface area contributed by atoms with Gasteiger partial charge in [0.05, 0.1) is 23.9 Å². The topological polar surface area (TPSA) is 56.3 Å². The van der Waals surface area contributed by atoms with Gasteiger partial charge in [-0.1, -0.05) is 6.08 Å². The third-order valence-electron chi connectivity index (χ3n) is 6.29. The van der Waals surface area contributed by atoms with E-state index < -0.39 is 5.60 Å². The van der Waals surface area contributed by atoms with Gasteiger partial charge in [-0.05, 0) is 88.5 Å². The summed E-state index contributed by atoms with van der Waals surface area (Å²) in [6.45, 7) is 8.01. The maximum atomic E-state index is 11.6. The molecule has 2 aromatic carbocycles. The Labute approximate surface area is 198 Å². The highest BCUT2D eigenvalue weighted by Crippen LogP contribution is 2.54. The molecule has 1 atom stereocenters. The first-order chi connectivity index (χ1) is 14.7. The average Bonchev–Trinajstić information content (AvgIpc) is 3.17. The van der Waals surface area contributed by atoms with Crippen LogP contribution in [0.1, 0.15) is 42.7 Å². The number of phenolic OH excluding ortho intramolecular Hbond substituents is 1. The van der Waals surface area contributed by atoms with E-state index in [4.69, 9.17) is 4.74 Å². The molecule has 2 aromatic rings. The highest BCUT2D eigenvalue weighted by Gasteiger charge is 2.48. The first-order valence-electron chi connectivity index (χ1n) is 10.1. The summed E-state index contributed by atoms with van der Waals surface area (Å²) in [5.41, 5.74) is 3.54. The highest BCUT2D eigenvalue weighted by atomic mass is 79.9. The Bertz CT molecular complexity index is 1110. The molecule has 3 aliphatic rings. The van der Waals surface area contributed by atoms with Crippen molar-refractivity contribution in [3.8, 4) is 11.5 Å². The second kappa shape index (κ2) is 7.33. The third-order valence-corrected chi connectivity index (χ3v) is 7.63. The minimum Gasteiger partial charge on any atom is -0.505 e. The molecule has 0 aromatic heterocycles. The fraction of sp³-hybridized carbons (Fsp3) is 0.348. The lowest BCUT2D eigenvalue weighted by atomic mass is 9.82. The molecule has 1 unspecified atom stereocenters. The van der Waals surface area contributed by atoms with E-state index in [2.05, 4.69) is 66.7 Å². The zero-order valence-electron chi connectivity index (χ0n) is 17.5. The van der Waals surface area contributed by atoms with Crippen LogP contribution in [-0.2, 0) is 0 Å². The predicted octanol–water partition coefficient (Wildman–Crippen LogP) is 5.23. The number of fused-ring (bicyclic) bond motifs is 5. The van der Waals surface area contributed by atoms with E-state index in [1.54, 1.807) is 6.92 Å². The number of carbonyl (C=O) groups is 1. The van der Waals surface area contributed by atoms with E-state index in [1.165, 1.54) is 5.57 Å². The van der Waals surface area contributed by atoms with Gasteiger partial charge in [0.15, 0.2) is 5.78 Å². The van der Waals surface area contributed by atoms with E-state index in [0.29, 0.717) is 21.4 Å². The minimum absolute atomic E-state index is 0.00203. The second-order valence-corrected chi connectivity index (χ2v) is 10.3. The first kappa shape index (κ1) is 21.0. The van der Waals surface area contributed by atoms with Gasteiger partial charge in [-0.3, -0.25) is 4.79 Å². The van der Waals surface area contributed by atoms with E-state index in [9.17, 15) is 9.90 Å². The summed E-state index contributed by atoms with van der Waals surface area (Å²) >= 11 is 7.01. The molecular weight excluding hydrogens is 526 g/mol. The van der Waals surface area contributed by atoms with Gasteiger partial charge in [0.25, 0.3) is 0 Å². The quantitative estimate of drug-likeness (QED) is 0.410. The molecule has 0 saturated carbocycles. The van der Waals surface area contributed by atoms with Gasteiger partial charge in [0.2, 0.25) is 0 Å². The number of carbonyl (C=O) groups excluding carboxylic acids is 1. The number of aromatic hydroxyl groups is 1. The van der Waals surface area contributed by atoms with Crippen molar-refractivity contribution in [1.29, 1.82) is 0 Å². The van der Waals surface area contributed by atoms with Crippen LogP contribution >= 0.6 is 31.9 Å². The number of halogens is 2. The fourth-order valence-corrected chi connectivity index (χ4v) is 5.91. The van der Waals surface area contributed by atoms with Crippen LogP contribution in [0.5, 0.6) is 11.5 Å². The first-order valence-corrected chi connectivity index (χ1v) is 11.7. The van der Waals surface area contributed by atoms with Gasteiger partial charge in [0.1, 0.15) is 21.6 Å². The molecule has 162 valence electrons. The van der Waals surface area contributed by atoms with Crippen molar-refractivity contribution < 1.29 is 14.6 Å². The Kier molecular flexibility index (Phi) is 4.97. The maximum Gasteiger partial charge on any atom is 0.159 e. The largest absolute Gasteiger partial charge is 0.505 e. The van der Waals surface area contributed by atoms with E-state index >= 15 is 0 Å². The molecule has 0 amide bonds. The Balaban J connectivity index is 1.54. The molecule has 3 aliphatic heterocycles. The predicted molar refractivity (Wildman–Crippen MR) is 126 cm³/mol. The van der Waals surface area contributed by atoms with Crippen molar-refractivity contribution in [2.24, 2.45) is 0 Å². The van der Waals surface area contributed by atoms with Crippen molar-refractivity contribution in [1.82, 2.24) is 10.0 Å². The highest BCUT2D eigenvalue weighted by molar-refractivity contribution is 9.11. The molecule has 3 heterocycles. The number of benzene rings is 2. The number of ether oxygens (including phenoxy) is 1. The van der Waals surface area contributed by atoms with Crippen molar-refractivity contribution in [3.05, 3.63) is 62.1 Å². The number of ketones is 1. The molecular formula is C23H23Br2N3O3. The summed E-state index contributed by atoms with van der Waals surface area (Å²) < 4.78 is 7.56. The molecule has 31 heavy (non-hydrogen) atoms. The molecule has 1 saturated heterocycles. The smallest absolute Gasteiger partial charge is 0.159 e. The van der Waals surface area contributed by atoms with E-state index in [0.717, 1.165) is 30.0 Å². The lowest BCUT2D eigenvalue weighted by Gasteiger charge is -2.48. The Hall–Kier alpha value is -1.87. The van der Waals surface area contributed by atoms with Crippen LogP contribution in [0.15, 0.2) is 50.9 Å².